The maximum absolute atomic E-state index is 11.9. The molecule has 0 spiro atoms. The summed E-state index contributed by atoms with van der Waals surface area (Å²) in [6, 6.07) is 11.4. The summed E-state index contributed by atoms with van der Waals surface area (Å²) in [7, 11) is 0. The molecule has 1 aromatic carbocycles. The quantitative estimate of drug-likeness (QED) is 0.886. The van der Waals surface area contributed by atoms with E-state index in [-0.39, 0.29) is 18.4 Å². The zero-order chi connectivity index (χ0) is 16.1. The number of amides is 2. The van der Waals surface area contributed by atoms with Gasteiger partial charge >= 0.3 is 0 Å². The zero-order valence-corrected chi connectivity index (χ0v) is 13.8. The van der Waals surface area contributed by atoms with Gasteiger partial charge in [0.05, 0.1) is 11.4 Å². The Morgan fingerprint density at radius 3 is 2.32 bits per heavy atom. The fourth-order valence-corrected chi connectivity index (χ4v) is 2.74. The molecule has 0 aliphatic rings. The van der Waals surface area contributed by atoms with Crippen LogP contribution in [0.2, 0.25) is 0 Å². The number of hydrogen-bond acceptors (Lipinski definition) is 3. The Kier molecular flexibility index (Phi) is 5.33. The van der Waals surface area contributed by atoms with Crippen molar-refractivity contribution in [1.29, 1.82) is 0 Å². The van der Waals surface area contributed by atoms with Crippen molar-refractivity contribution in [3.05, 3.63) is 51.7 Å². The number of carbonyl (C=O) groups is 2. The number of rotatable bonds is 5. The minimum absolute atomic E-state index is 0.0400. The van der Waals surface area contributed by atoms with Gasteiger partial charge in [-0.05, 0) is 42.7 Å². The average molecular weight is 316 g/mol. The van der Waals surface area contributed by atoms with Crippen LogP contribution >= 0.6 is 11.3 Å². The molecule has 22 heavy (non-hydrogen) atoms. The molecular weight excluding hydrogens is 296 g/mol. The Balaban J connectivity index is 1.84. The number of aryl methyl sites for hydroxylation is 1. The molecule has 0 atom stereocenters. The van der Waals surface area contributed by atoms with Crippen LogP contribution in [0.3, 0.4) is 0 Å². The molecule has 0 aliphatic heterocycles. The van der Waals surface area contributed by atoms with Crippen LogP contribution in [-0.4, -0.2) is 18.4 Å². The average Bonchev–Trinajstić information content (AvgIpc) is 2.92. The van der Waals surface area contributed by atoms with Gasteiger partial charge in [0.15, 0.2) is 0 Å². The lowest BCUT2D eigenvalue weighted by molar-refractivity contribution is -0.115. The van der Waals surface area contributed by atoms with Gasteiger partial charge in [0.1, 0.15) is 0 Å². The van der Waals surface area contributed by atoms with Gasteiger partial charge in [-0.15, -0.1) is 11.3 Å². The van der Waals surface area contributed by atoms with Crippen LogP contribution in [0, 0.1) is 6.92 Å². The molecule has 0 aliphatic carbocycles. The first-order chi connectivity index (χ1) is 10.5. The van der Waals surface area contributed by atoms with Gasteiger partial charge in [-0.1, -0.05) is 26.0 Å². The van der Waals surface area contributed by atoms with E-state index >= 15 is 0 Å². The maximum Gasteiger partial charge on any atom is 0.261 e. The van der Waals surface area contributed by atoms with E-state index in [4.69, 9.17) is 0 Å². The van der Waals surface area contributed by atoms with E-state index in [2.05, 4.69) is 24.5 Å². The van der Waals surface area contributed by atoms with Crippen molar-refractivity contribution < 1.29 is 9.59 Å². The van der Waals surface area contributed by atoms with Crippen molar-refractivity contribution >= 4 is 28.8 Å². The third-order valence-corrected chi connectivity index (χ3v) is 4.23. The monoisotopic (exact) mass is 316 g/mol. The van der Waals surface area contributed by atoms with Crippen LogP contribution in [0.25, 0.3) is 0 Å². The number of nitrogens with one attached hydrogen (secondary N) is 2. The Morgan fingerprint density at radius 1 is 1.09 bits per heavy atom. The first-order valence-electron chi connectivity index (χ1n) is 7.20. The van der Waals surface area contributed by atoms with E-state index in [1.807, 2.05) is 37.3 Å². The van der Waals surface area contributed by atoms with E-state index in [0.29, 0.717) is 10.8 Å². The summed E-state index contributed by atoms with van der Waals surface area (Å²) in [4.78, 5) is 25.4. The fraction of sp³-hybridized carbons (Fsp3) is 0.294. The van der Waals surface area contributed by atoms with Crippen LogP contribution in [0.5, 0.6) is 0 Å². The van der Waals surface area contributed by atoms with Gasteiger partial charge in [0.25, 0.3) is 5.91 Å². The highest BCUT2D eigenvalue weighted by molar-refractivity contribution is 7.13. The van der Waals surface area contributed by atoms with Crippen molar-refractivity contribution in [2.24, 2.45) is 0 Å². The summed E-state index contributed by atoms with van der Waals surface area (Å²) in [6.07, 6.45) is 0. The van der Waals surface area contributed by atoms with Crippen molar-refractivity contribution in [1.82, 2.24) is 5.32 Å². The largest absolute Gasteiger partial charge is 0.342 e. The smallest absolute Gasteiger partial charge is 0.261 e. The lowest BCUT2D eigenvalue weighted by Gasteiger charge is -2.09. The Bertz CT molecular complexity index is 660. The molecule has 0 saturated carbocycles. The van der Waals surface area contributed by atoms with Gasteiger partial charge in [-0.25, -0.2) is 0 Å². The van der Waals surface area contributed by atoms with Gasteiger partial charge in [0, 0.05) is 10.6 Å². The van der Waals surface area contributed by atoms with E-state index in [0.717, 1.165) is 10.6 Å². The zero-order valence-electron chi connectivity index (χ0n) is 13.0. The molecule has 2 aromatic rings. The molecule has 4 nitrogen and oxygen atoms in total. The topological polar surface area (TPSA) is 58.2 Å². The van der Waals surface area contributed by atoms with Crippen LogP contribution in [0.4, 0.5) is 5.69 Å². The summed E-state index contributed by atoms with van der Waals surface area (Å²) >= 11 is 1.41. The molecule has 2 rings (SSSR count). The fourth-order valence-electron chi connectivity index (χ4n) is 1.96. The first-order valence-corrected chi connectivity index (χ1v) is 8.02. The summed E-state index contributed by atoms with van der Waals surface area (Å²) in [5.74, 6) is 0.000577. The van der Waals surface area contributed by atoms with E-state index in [1.165, 1.54) is 16.9 Å². The van der Waals surface area contributed by atoms with Crippen LogP contribution < -0.4 is 10.6 Å². The van der Waals surface area contributed by atoms with Crippen LogP contribution in [-0.2, 0) is 4.79 Å². The predicted molar refractivity (Wildman–Crippen MR) is 90.5 cm³/mol. The molecule has 0 unspecified atom stereocenters. The molecule has 5 heteroatoms. The van der Waals surface area contributed by atoms with Gasteiger partial charge in [-0.2, -0.15) is 0 Å². The second-order valence-corrected chi connectivity index (χ2v) is 6.71. The molecule has 0 saturated heterocycles. The molecular formula is C17H20N2O2S. The lowest BCUT2D eigenvalue weighted by atomic mass is 10.0. The molecule has 0 bridgehead atoms. The number of anilines is 1. The summed E-state index contributed by atoms with van der Waals surface area (Å²) < 4.78 is 0. The molecule has 1 heterocycles. The molecule has 0 radical (unpaired) electrons. The van der Waals surface area contributed by atoms with Crippen molar-refractivity contribution in [3.8, 4) is 0 Å². The van der Waals surface area contributed by atoms with E-state index in [9.17, 15) is 9.59 Å². The molecule has 116 valence electrons. The van der Waals surface area contributed by atoms with Gasteiger partial charge < -0.3 is 10.6 Å². The normalized spacial score (nSPS) is 10.5. The Morgan fingerprint density at radius 2 is 1.77 bits per heavy atom. The van der Waals surface area contributed by atoms with Crippen molar-refractivity contribution in [3.63, 3.8) is 0 Å². The SMILES string of the molecule is Cc1ccc(C(=O)NCC(=O)Nc2ccc(C(C)C)cc2)s1. The summed E-state index contributed by atoms with van der Waals surface area (Å²) in [6.45, 7) is 6.14. The van der Waals surface area contributed by atoms with E-state index < -0.39 is 0 Å². The van der Waals surface area contributed by atoms with E-state index in [1.54, 1.807) is 6.07 Å². The highest BCUT2D eigenvalue weighted by Gasteiger charge is 2.10. The summed E-state index contributed by atoms with van der Waals surface area (Å²) in [5, 5.41) is 5.39. The number of thiophene rings is 1. The minimum atomic E-state index is -0.237. The second kappa shape index (κ2) is 7.22. The lowest BCUT2D eigenvalue weighted by Crippen LogP contribution is -2.32. The third kappa shape index (κ3) is 4.43. The Hall–Kier alpha value is -2.14. The molecule has 2 amide bonds. The Labute approximate surface area is 134 Å². The third-order valence-electron chi connectivity index (χ3n) is 3.23. The van der Waals surface area contributed by atoms with Crippen LogP contribution in [0.15, 0.2) is 36.4 Å². The van der Waals surface area contributed by atoms with Crippen LogP contribution in [0.1, 0.15) is 39.9 Å². The molecule has 2 N–H and O–H groups in total. The van der Waals surface area contributed by atoms with Crippen molar-refractivity contribution in [2.45, 2.75) is 26.7 Å². The predicted octanol–water partition coefficient (Wildman–Crippen LogP) is 3.55. The first kappa shape index (κ1) is 16.2. The molecule has 0 fully saturated rings. The number of carbonyl (C=O) groups excluding carboxylic acids is 2. The summed E-state index contributed by atoms with van der Waals surface area (Å²) in [5.41, 5.74) is 1.95. The number of benzene rings is 1. The van der Waals surface area contributed by atoms with Gasteiger partial charge in [0.2, 0.25) is 5.91 Å². The number of hydrogen-bond donors (Lipinski definition) is 2. The second-order valence-electron chi connectivity index (χ2n) is 5.42. The highest BCUT2D eigenvalue weighted by atomic mass is 32.1. The van der Waals surface area contributed by atoms with Crippen molar-refractivity contribution in [2.75, 3.05) is 11.9 Å². The van der Waals surface area contributed by atoms with Gasteiger partial charge in [-0.3, -0.25) is 9.59 Å². The molecule has 1 aromatic heterocycles. The maximum atomic E-state index is 11.9. The standard InChI is InChI=1S/C17H20N2O2S/c1-11(2)13-5-7-14(8-6-13)19-16(20)10-18-17(21)15-9-4-12(3)22-15/h4-9,11H,10H2,1-3H3,(H,18,21)(H,19,20). The highest BCUT2D eigenvalue weighted by Crippen LogP contribution is 2.17. The minimum Gasteiger partial charge on any atom is -0.342 e.